The number of carbonyl (C=O) groups excluding carboxylic acids is 1. The smallest absolute Gasteiger partial charge is 0.268 e. The van der Waals surface area contributed by atoms with Crippen LogP contribution < -0.4 is 10.2 Å². The molecule has 2 N–H and O–H groups in total. The van der Waals surface area contributed by atoms with Gasteiger partial charge in [0.2, 0.25) is 5.91 Å². The monoisotopic (exact) mass is 757 g/mol. The predicted octanol–water partition coefficient (Wildman–Crippen LogP) is 11.1. The largest absolute Gasteiger partial charge is 0.756 e. The fraction of sp³-hybridized carbons (Fsp3) is 0.884. The Kier molecular flexibility index (Phi) is 35.0. The number of aliphatic hydroxyl groups excluding tert-OH is 1. The first-order valence-corrected chi connectivity index (χ1v) is 23.2. The van der Waals surface area contributed by atoms with Crippen LogP contribution in [-0.2, 0) is 18.4 Å². The van der Waals surface area contributed by atoms with Gasteiger partial charge in [0.1, 0.15) is 13.2 Å². The molecule has 308 valence electrons. The first-order chi connectivity index (χ1) is 25.0. The average Bonchev–Trinajstić information content (AvgIpc) is 3.09. The third kappa shape index (κ3) is 37.3. The maximum absolute atomic E-state index is 12.8. The lowest BCUT2D eigenvalue weighted by Crippen LogP contribution is -2.45. The number of hydrogen-bond donors (Lipinski definition) is 2. The van der Waals surface area contributed by atoms with Gasteiger partial charge in [0, 0.05) is 6.42 Å². The van der Waals surface area contributed by atoms with Gasteiger partial charge in [-0.15, -0.1) is 0 Å². The van der Waals surface area contributed by atoms with E-state index in [0.29, 0.717) is 17.4 Å². The van der Waals surface area contributed by atoms with Crippen molar-refractivity contribution in [1.29, 1.82) is 0 Å². The van der Waals surface area contributed by atoms with Crippen LogP contribution in [0.2, 0.25) is 0 Å². The number of hydrogen-bond acceptors (Lipinski definition) is 6. The predicted molar refractivity (Wildman–Crippen MR) is 219 cm³/mol. The molecule has 0 fully saturated rings. The molecule has 0 aromatic carbocycles. The zero-order valence-electron chi connectivity index (χ0n) is 34.8. The molecule has 0 aliphatic rings. The Morgan fingerprint density at radius 1 is 0.654 bits per heavy atom. The fourth-order valence-electron chi connectivity index (χ4n) is 6.15. The Balaban J connectivity index is 4.46. The average molecular weight is 757 g/mol. The highest BCUT2D eigenvalue weighted by Gasteiger charge is 2.23. The zero-order chi connectivity index (χ0) is 38.6. The van der Waals surface area contributed by atoms with Crippen LogP contribution in [0.15, 0.2) is 24.3 Å². The van der Waals surface area contributed by atoms with Crippen LogP contribution in [0.3, 0.4) is 0 Å². The third-order valence-corrected chi connectivity index (χ3v) is 10.6. The second kappa shape index (κ2) is 35.7. The summed E-state index contributed by atoms with van der Waals surface area (Å²) in [5.74, 6) is -0.207. The maximum Gasteiger partial charge on any atom is 0.268 e. The summed E-state index contributed by atoms with van der Waals surface area (Å²) in [7, 11) is 1.26. The van der Waals surface area contributed by atoms with E-state index in [2.05, 4.69) is 31.3 Å². The number of rotatable bonds is 39. The highest BCUT2D eigenvalue weighted by Crippen LogP contribution is 2.38. The van der Waals surface area contributed by atoms with Crippen molar-refractivity contribution in [2.24, 2.45) is 0 Å². The summed E-state index contributed by atoms with van der Waals surface area (Å²) in [6.45, 7) is 4.63. The van der Waals surface area contributed by atoms with Crippen LogP contribution >= 0.6 is 7.82 Å². The van der Waals surface area contributed by atoms with Gasteiger partial charge in [-0.05, 0) is 44.9 Å². The van der Waals surface area contributed by atoms with Gasteiger partial charge in [-0.2, -0.15) is 0 Å². The van der Waals surface area contributed by atoms with Gasteiger partial charge < -0.3 is 28.8 Å². The Labute approximate surface area is 322 Å². The molecule has 1 amide bonds. The van der Waals surface area contributed by atoms with Gasteiger partial charge in [0.25, 0.3) is 7.82 Å². The number of phosphoric ester groups is 1. The fourth-order valence-corrected chi connectivity index (χ4v) is 6.87. The molecule has 9 heteroatoms. The number of unbranched alkanes of at least 4 members (excludes halogenated alkanes) is 24. The highest BCUT2D eigenvalue weighted by molar-refractivity contribution is 7.45. The van der Waals surface area contributed by atoms with Gasteiger partial charge in [-0.3, -0.25) is 9.36 Å². The van der Waals surface area contributed by atoms with E-state index in [1.807, 2.05) is 27.2 Å². The normalized spacial score (nSPS) is 14.7. The Hall–Kier alpha value is -1.02. The number of carbonyl (C=O) groups is 1. The summed E-state index contributed by atoms with van der Waals surface area (Å²) in [6, 6.07) is -0.886. The molecule has 8 nitrogen and oxygen atoms in total. The lowest BCUT2D eigenvalue weighted by atomic mass is 10.0. The van der Waals surface area contributed by atoms with Crippen molar-refractivity contribution >= 4 is 13.7 Å². The molecule has 0 saturated heterocycles. The summed E-state index contributed by atoms with van der Waals surface area (Å²) in [5, 5.41) is 13.8. The van der Waals surface area contributed by atoms with E-state index in [1.54, 1.807) is 6.08 Å². The van der Waals surface area contributed by atoms with E-state index >= 15 is 0 Å². The molecule has 0 aromatic rings. The number of phosphoric acid groups is 1. The van der Waals surface area contributed by atoms with Crippen LogP contribution in [0.25, 0.3) is 0 Å². The molecule has 0 radical (unpaired) electrons. The Bertz CT molecular complexity index is 907. The number of nitrogens with one attached hydrogen (secondary N) is 1. The first-order valence-electron chi connectivity index (χ1n) is 21.7. The van der Waals surface area contributed by atoms with Crippen molar-refractivity contribution in [3.05, 3.63) is 24.3 Å². The summed E-state index contributed by atoms with van der Waals surface area (Å²) < 4.78 is 23.2. The molecular weight excluding hydrogens is 671 g/mol. The van der Waals surface area contributed by atoms with Crippen LogP contribution in [-0.4, -0.2) is 68.5 Å². The minimum Gasteiger partial charge on any atom is -0.756 e. The van der Waals surface area contributed by atoms with Gasteiger partial charge in [0.05, 0.1) is 39.9 Å². The van der Waals surface area contributed by atoms with Crippen LogP contribution in [0, 0.1) is 0 Å². The molecule has 1 unspecified atom stereocenters. The molecule has 0 aliphatic carbocycles. The molecule has 0 rings (SSSR count). The van der Waals surface area contributed by atoms with Crippen LogP contribution in [0.4, 0.5) is 0 Å². The lowest BCUT2D eigenvalue weighted by Gasteiger charge is -2.29. The van der Waals surface area contributed by atoms with Crippen LogP contribution in [0.5, 0.6) is 0 Å². The van der Waals surface area contributed by atoms with Crippen molar-refractivity contribution < 1.29 is 32.9 Å². The summed E-state index contributed by atoms with van der Waals surface area (Å²) in [4.78, 5) is 25.2. The third-order valence-electron chi connectivity index (χ3n) is 9.66. The minimum absolute atomic E-state index is 0.00162. The molecule has 0 heterocycles. The quantitative estimate of drug-likeness (QED) is 0.0280. The molecule has 0 saturated carbocycles. The second-order valence-electron chi connectivity index (χ2n) is 16.0. The molecule has 3 atom stereocenters. The SMILES string of the molecule is CCCCCCC/C=C/CCCCCCCC(=O)N[C@@H](COP(=O)([O-])OCC[N+](C)(C)C)[C@H](O)/C=C/CCCCCCCCCCCCCCCC. The van der Waals surface area contributed by atoms with E-state index in [1.165, 1.54) is 122 Å². The molecule has 0 aliphatic heterocycles. The maximum atomic E-state index is 12.8. The summed E-state index contributed by atoms with van der Waals surface area (Å²) >= 11 is 0. The number of amides is 1. The molecule has 0 bridgehead atoms. The standard InChI is InChI=1S/C43H85N2O6P/c1-6-8-10-12-14-16-18-20-22-23-24-26-28-30-32-34-36-42(46)41(40-51-52(48,49)50-39-38-45(3,4)5)44-43(47)37-35-33-31-29-27-25-21-19-17-15-13-11-9-7-2/h19,21,34,36,41-42,46H,6-18,20,22-33,35,37-40H2,1-5H3,(H-,44,47,48,49)/b21-19+,36-34+/t41-,42+/m0/s1. The summed E-state index contributed by atoms with van der Waals surface area (Å²) in [6.07, 6.45) is 40.7. The van der Waals surface area contributed by atoms with E-state index in [-0.39, 0.29) is 19.1 Å². The van der Waals surface area contributed by atoms with E-state index in [0.717, 1.165) is 51.4 Å². The van der Waals surface area contributed by atoms with Crippen molar-refractivity contribution in [3.8, 4) is 0 Å². The zero-order valence-corrected chi connectivity index (χ0v) is 35.7. The van der Waals surface area contributed by atoms with Crippen molar-refractivity contribution in [2.75, 3.05) is 40.9 Å². The van der Waals surface area contributed by atoms with Crippen molar-refractivity contribution in [3.63, 3.8) is 0 Å². The van der Waals surface area contributed by atoms with E-state index in [4.69, 9.17) is 9.05 Å². The van der Waals surface area contributed by atoms with Gasteiger partial charge >= 0.3 is 0 Å². The Morgan fingerprint density at radius 3 is 1.50 bits per heavy atom. The number of likely N-dealkylation sites (N-methyl/N-ethyl adjacent to an activating group) is 1. The number of allylic oxidation sites excluding steroid dienone is 3. The lowest BCUT2D eigenvalue weighted by molar-refractivity contribution is -0.870. The molecular formula is C43H85N2O6P. The van der Waals surface area contributed by atoms with Crippen molar-refractivity contribution in [2.45, 2.75) is 206 Å². The van der Waals surface area contributed by atoms with Gasteiger partial charge in [-0.1, -0.05) is 167 Å². The summed E-state index contributed by atoms with van der Waals surface area (Å²) in [5.41, 5.74) is 0. The van der Waals surface area contributed by atoms with Gasteiger partial charge in [0.15, 0.2) is 0 Å². The van der Waals surface area contributed by atoms with Gasteiger partial charge in [-0.25, -0.2) is 0 Å². The number of quaternary nitrogens is 1. The molecule has 52 heavy (non-hydrogen) atoms. The Morgan fingerprint density at radius 2 is 1.06 bits per heavy atom. The number of aliphatic hydroxyl groups is 1. The minimum atomic E-state index is -4.58. The second-order valence-corrected chi connectivity index (χ2v) is 17.5. The topological polar surface area (TPSA) is 108 Å². The van der Waals surface area contributed by atoms with E-state index < -0.39 is 20.0 Å². The first kappa shape index (κ1) is 51.0. The molecule has 0 aromatic heterocycles. The van der Waals surface area contributed by atoms with Crippen molar-refractivity contribution in [1.82, 2.24) is 5.32 Å². The van der Waals surface area contributed by atoms with E-state index in [9.17, 15) is 19.4 Å². The highest BCUT2D eigenvalue weighted by atomic mass is 31.2. The van der Waals surface area contributed by atoms with Crippen LogP contribution in [0.1, 0.15) is 194 Å². The number of nitrogens with zero attached hydrogens (tertiary/aromatic N) is 1. The molecule has 0 spiro atoms.